The SMILES string of the molecule is C[C@H]1CN([C@@H](C)CO)S(=O)(=O)c2ccc(-c3cccnc3)cc2O[C@H]1CN(C)C(=O)c1ccc2c(c1)OCO2. The van der Waals surface area contributed by atoms with Crippen LogP contribution in [-0.4, -0.2) is 79.3 Å². The quantitative estimate of drug-likeness (QED) is 0.495. The van der Waals surface area contributed by atoms with Gasteiger partial charge in [0, 0.05) is 49.1 Å². The number of aromatic nitrogens is 1. The Kier molecular flexibility index (Phi) is 7.48. The molecule has 1 N–H and O–H groups in total. The van der Waals surface area contributed by atoms with Crippen LogP contribution >= 0.6 is 0 Å². The van der Waals surface area contributed by atoms with Gasteiger partial charge in [-0.15, -0.1) is 0 Å². The predicted octanol–water partition coefficient (Wildman–Crippen LogP) is 3.02. The maximum atomic E-state index is 13.7. The summed E-state index contributed by atoms with van der Waals surface area (Å²) in [5.74, 6) is 0.749. The Balaban J connectivity index is 1.49. The molecule has 2 aliphatic heterocycles. The Morgan fingerprint density at radius 3 is 2.67 bits per heavy atom. The van der Waals surface area contributed by atoms with Gasteiger partial charge < -0.3 is 24.2 Å². The lowest BCUT2D eigenvalue weighted by molar-refractivity contribution is 0.0563. The van der Waals surface area contributed by atoms with Crippen molar-refractivity contribution in [3.8, 4) is 28.4 Å². The fraction of sp³-hybridized carbons (Fsp3) is 0.357. The van der Waals surface area contributed by atoms with Gasteiger partial charge in [-0.2, -0.15) is 4.31 Å². The fourth-order valence-electron chi connectivity index (χ4n) is 4.76. The molecular weight excluding hydrogens is 522 g/mol. The van der Waals surface area contributed by atoms with E-state index in [4.69, 9.17) is 14.2 Å². The minimum Gasteiger partial charge on any atom is -0.487 e. The topological polar surface area (TPSA) is 118 Å². The minimum absolute atomic E-state index is 0.0112. The molecule has 2 aliphatic rings. The van der Waals surface area contributed by atoms with Gasteiger partial charge in [0.05, 0.1) is 13.2 Å². The van der Waals surface area contributed by atoms with E-state index >= 15 is 0 Å². The molecule has 0 bridgehead atoms. The van der Waals surface area contributed by atoms with Crippen LogP contribution in [0.3, 0.4) is 0 Å². The van der Waals surface area contributed by atoms with Gasteiger partial charge in [0.1, 0.15) is 16.7 Å². The Morgan fingerprint density at radius 1 is 1.13 bits per heavy atom. The van der Waals surface area contributed by atoms with Crippen molar-refractivity contribution in [2.45, 2.75) is 30.9 Å². The molecule has 3 atom stereocenters. The van der Waals surface area contributed by atoms with Crippen LogP contribution in [0.25, 0.3) is 11.1 Å². The van der Waals surface area contributed by atoms with Crippen molar-refractivity contribution in [2.24, 2.45) is 5.92 Å². The molecule has 1 aromatic heterocycles. The molecule has 11 heteroatoms. The third-order valence-electron chi connectivity index (χ3n) is 7.08. The van der Waals surface area contributed by atoms with Gasteiger partial charge in [0.25, 0.3) is 5.91 Å². The van der Waals surface area contributed by atoms with E-state index in [0.717, 1.165) is 11.1 Å². The molecule has 1 amide bonds. The number of benzene rings is 2. The first kappa shape index (κ1) is 26.9. The van der Waals surface area contributed by atoms with E-state index in [-0.39, 0.29) is 49.0 Å². The standard InChI is InChI=1S/C28H31N3O7S/c1-18-14-31(19(2)16-32)39(34,35)27-9-7-20(22-5-4-10-29-13-22)11-25(27)38-26(18)15-30(3)28(33)21-6-8-23-24(12-21)37-17-36-23/h4-13,18-19,26,32H,14-17H2,1-3H3/t18-,19-,26-/m0/s1. The normalized spacial score (nSPS) is 20.7. The molecule has 0 aliphatic carbocycles. The molecule has 39 heavy (non-hydrogen) atoms. The number of ether oxygens (including phenoxy) is 3. The van der Waals surface area contributed by atoms with E-state index in [1.165, 1.54) is 10.4 Å². The van der Waals surface area contributed by atoms with E-state index in [1.54, 1.807) is 67.7 Å². The van der Waals surface area contributed by atoms with Crippen LogP contribution in [0.4, 0.5) is 0 Å². The number of hydrogen-bond donors (Lipinski definition) is 1. The number of likely N-dealkylation sites (N-methyl/N-ethyl adjacent to an activating group) is 1. The van der Waals surface area contributed by atoms with Gasteiger partial charge in [-0.1, -0.05) is 19.1 Å². The third kappa shape index (κ3) is 5.29. The van der Waals surface area contributed by atoms with Gasteiger partial charge >= 0.3 is 0 Å². The van der Waals surface area contributed by atoms with Gasteiger partial charge in [0.15, 0.2) is 11.5 Å². The van der Waals surface area contributed by atoms with Crippen LogP contribution in [0.15, 0.2) is 65.8 Å². The molecule has 0 unspecified atom stereocenters. The molecule has 5 rings (SSSR count). The molecule has 0 saturated heterocycles. The number of carbonyl (C=O) groups is 1. The van der Waals surface area contributed by atoms with Crippen LogP contribution < -0.4 is 14.2 Å². The van der Waals surface area contributed by atoms with Gasteiger partial charge in [-0.3, -0.25) is 9.78 Å². The second kappa shape index (κ2) is 10.8. The van der Waals surface area contributed by atoms with Crippen molar-refractivity contribution < 1.29 is 32.5 Å². The zero-order valence-electron chi connectivity index (χ0n) is 22.0. The Labute approximate surface area is 227 Å². The van der Waals surface area contributed by atoms with Crippen LogP contribution in [0.1, 0.15) is 24.2 Å². The highest BCUT2D eigenvalue weighted by atomic mass is 32.2. The average Bonchev–Trinajstić information content (AvgIpc) is 3.42. The lowest BCUT2D eigenvalue weighted by Crippen LogP contribution is -2.50. The molecule has 206 valence electrons. The number of nitrogens with zero attached hydrogens (tertiary/aromatic N) is 3. The summed E-state index contributed by atoms with van der Waals surface area (Å²) in [6, 6.07) is 13.0. The highest BCUT2D eigenvalue weighted by molar-refractivity contribution is 7.89. The monoisotopic (exact) mass is 553 g/mol. The molecule has 0 saturated carbocycles. The number of rotatable bonds is 6. The molecule has 2 aromatic carbocycles. The van der Waals surface area contributed by atoms with E-state index in [1.807, 2.05) is 13.0 Å². The second-order valence-corrected chi connectivity index (χ2v) is 11.8. The fourth-order valence-corrected chi connectivity index (χ4v) is 6.59. The van der Waals surface area contributed by atoms with Crippen LogP contribution in [0.2, 0.25) is 0 Å². The molecule has 0 spiro atoms. The number of hydrogen-bond acceptors (Lipinski definition) is 8. The van der Waals surface area contributed by atoms with Crippen molar-refractivity contribution >= 4 is 15.9 Å². The first-order valence-electron chi connectivity index (χ1n) is 12.7. The number of aliphatic hydroxyl groups is 1. The number of sulfonamides is 1. The molecule has 3 aromatic rings. The van der Waals surface area contributed by atoms with Gasteiger partial charge in [-0.05, 0) is 48.9 Å². The number of fused-ring (bicyclic) bond motifs is 2. The number of aliphatic hydroxyl groups excluding tert-OH is 1. The summed E-state index contributed by atoms with van der Waals surface area (Å²) in [6.45, 7) is 3.65. The summed E-state index contributed by atoms with van der Waals surface area (Å²) in [7, 11) is -2.30. The highest BCUT2D eigenvalue weighted by Gasteiger charge is 2.38. The Bertz CT molecular complexity index is 1470. The van der Waals surface area contributed by atoms with E-state index in [9.17, 15) is 18.3 Å². The summed E-state index contributed by atoms with van der Waals surface area (Å²) >= 11 is 0. The molecule has 3 heterocycles. The molecule has 10 nitrogen and oxygen atoms in total. The predicted molar refractivity (Wildman–Crippen MR) is 143 cm³/mol. The first-order chi connectivity index (χ1) is 18.7. The van der Waals surface area contributed by atoms with E-state index in [2.05, 4.69) is 4.98 Å². The lowest BCUT2D eigenvalue weighted by Gasteiger charge is -2.37. The van der Waals surface area contributed by atoms with Gasteiger partial charge in [0.2, 0.25) is 16.8 Å². The van der Waals surface area contributed by atoms with Gasteiger partial charge in [-0.25, -0.2) is 8.42 Å². The molecule has 0 radical (unpaired) electrons. The lowest BCUT2D eigenvalue weighted by atomic mass is 10.0. The third-order valence-corrected chi connectivity index (χ3v) is 9.10. The number of carbonyl (C=O) groups excluding carboxylic acids is 1. The summed E-state index contributed by atoms with van der Waals surface area (Å²) in [5.41, 5.74) is 2.00. The Hall–Kier alpha value is -3.67. The van der Waals surface area contributed by atoms with Crippen molar-refractivity contribution in [1.82, 2.24) is 14.2 Å². The maximum Gasteiger partial charge on any atom is 0.253 e. The zero-order valence-corrected chi connectivity index (χ0v) is 22.8. The number of pyridine rings is 1. The molecular formula is C28H31N3O7S. The molecule has 0 fully saturated rings. The van der Waals surface area contributed by atoms with Crippen LogP contribution in [-0.2, 0) is 10.0 Å². The minimum atomic E-state index is -3.98. The smallest absolute Gasteiger partial charge is 0.253 e. The zero-order chi connectivity index (χ0) is 27.7. The average molecular weight is 554 g/mol. The number of amides is 1. The second-order valence-electron chi connectivity index (χ2n) is 9.90. The Morgan fingerprint density at radius 2 is 1.92 bits per heavy atom. The van der Waals surface area contributed by atoms with Crippen molar-refractivity contribution in [2.75, 3.05) is 33.5 Å². The summed E-state index contributed by atoms with van der Waals surface area (Å²) in [6.07, 6.45) is 2.81. The maximum absolute atomic E-state index is 13.7. The summed E-state index contributed by atoms with van der Waals surface area (Å²) in [5, 5.41) is 9.87. The summed E-state index contributed by atoms with van der Waals surface area (Å²) in [4.78, 5) is 19.0. The summed E-state index contributed by atoms with van der Waals surface area (Å²) < 4.78 is 45.9. The van der Waals surface area contributed by atoms with Crippen LogP contribution in [0, 0.1) is 5.92 Å². The van der Waals surface area contributed by atoms with Crippen molar-refractivity contribution in [3.05, 3.63) is 66.5 Å². The van der Waals surface area contributed by atoms with Crippen LogP contribution in [0.5, 0.6) is 17.2 Å². The first-order valence-corrected chi connectivity index (χ1v) is 14.1. The largest absolute Gasteiger partial charge is 0.487 e. The van der Waals surface area contributed by atoms with E-state index < -0.39 is 22.2 Å². The van der Waals surface area contributed by atoms with E-state index in [0.29, 0.717) is 17.1 Å². The van der Waals surface area contributed by atoms with Crippen molar-refractivity contribution in [1.29, 1.82) is 0 Å². The highest BCUT2D eigenvalue weighted by Crippen LogP contribution is 2.37. The van der Waals surface area contributed by atoms with Crippen molar-refractivity contribution in [3.63, 3.8) is 0 Å².